The standard InChI is InChI=1S/C72H48N4O/c1-5-21-50(22-6-1)54-41-55(51-23-7-2-8-24-51)44-58(43-54)63-32-20-33-64(59-45-56(52-25-9-3-10-26-52)42-57(46-59)53-27-11-4-12-28-53)72(63)75-49-74(68-35-15-16-36-69(68)75)60-29-19-30-61(47-60)77-62-38-39-66-65-31-13-14-34-67(65)76(70(66)48-62)71-37-17-18-40-73-71/h1-48H. The zero-order valence-electron chi connectivity index (χ0n) is 41.9. The van der Waals surface area contributed by atoms with Crippen molar-refractivity contribution >= 4 is 32.8 Å². The van der Waals surface area contributed by atoms with Crippen LogP contribution in [0.1, 0.15) is 0 Å². The maximum absolute atomic E-state index is 6.82. The molecule has 0 N–H and O–H groups in total. The second-order valence-electron chi connectivity index (χ2n) is 19.3. The van der Waals surface area contributed by atoms with Gasteiger partial charge in [0.25, 0.3) is 6.33 Å². The molecule has 0 spiro atoms. The summed E-state index contributed by atoms with van der Waals surface area (Å²) in [6.45, 7) is 0. The molecule has 0 atom stereocenters. The van der Waals surface area contributed by atoms with Crippen molar-refractivity contribution in [2.24, 2.45) is 0 Å². The monoisotopic (exact) mass is 984 g/mol. The van der Waals surface area contributed by atoms with Crippen LogP contribution in [0.5, 0.6) is 11.5 Å². The molecule has 14 aromatic rings. The Labute approximate surface area is 447 Å². The van der Waals surface area contributed by atoms with E-state index < -0.39 is 0 Å². The van der Waals surface area contributed by atoms with Crippen molar-refractivity contribution in [3.05, 3.63) is 298 Å². The molecule has 0 saturated carbocycles. The van der Waals surface area contributed by atoms with Crippen molar-refractivity contribution in [2.45, 2.75) is 0 Å². The SMILES string of the molecule is [c-]1n(-c2cccc(Oc3ccc4c5ccccc5n(-c5ccccn5)c4c3)c2)c2ccccc2[n+]1-c1c(-c2cc(-c3ccccc3)cc(-c3ccccc3)c2)cccc1-c1cc(-c2ccccc2)cc(-c2ccccc2)c1. The molecule has 0 saturated heterocycles. The highest BCUT2D eigenvalue weighted by molar-refractivity contribution is 6.09. The highest BCUT2D eigenvalue weighted by Gasteiger charge is 2.22. The number of rotatable bonds is 11. The summed E-state index contributed by atoms with van der Waals surface area (Å²) < 4.78 is 13.5. The fourth-order valence-corrected chi connectivity index (χ4v) is 11.0. The van der Waals surface area contributed by atoms with E-state index in [4.69, 9.17) is 9.72 Å². The van der Waals surface area contributed by atoms with Gasteiger partial charge in [0.05, 0.1) is 33.4 Å². The van der Waals surface area contributed by atoms with Crippen molar-refractivity contribution in [2.75, 3.05) is 0 Å². The molecule has 0 aliphatic heterocycles. The van der Waals surface area contributed by atoms with Gasteiger partial charge in [-0.3, -0.25) is 13.7 Å². The molecule has 5 heteroatoms. The molecule has 3 heterocycles. The predicted octanol–water partition coefficient (Wildman–Crippen LogP) is 18.0. The molecule has 362 valence electrons. The van der Waals surface area contributed by atoms with Crippen LogP contribution in [0.3, 0.4) is 0 Å². The number of para-hydroxylation sites is 4. The Hall–Kier alpha value is -10.4. The second kappa shape index (κ2) is 19.5. The van der Waals surface area contributed by atoms with E-state index in [9.17, 15) is 0 Å². The number of hydrogen-bond donors (Lipinski definition) is 0. The van der Waals surface area contributed by atoms with Crippen LogP contribution in [-0.2, 0) is 0 Å². The minimum absolute atomic E-state index is 0.707. The molecule has 5 nitrogen and oxygen atoms in total. The zero-order valence-corrected chi connectivity index (χ0v) is 41.9. The van der Waals surface area contributed by atoms with Gasteiger partial charge in [0.1, 0.15) is 17.3 Å². The summed E-state index contributed by atoms with van der Waals surface area (Å²) in [7, 11) is 0. The first kappa shape index (κ1) is 45.3. The number of pyridine rings is 1. The van der Waals surface area contributed by atoms with Crippen molar-refractivity contribution in [1.82, 2.24) is 14.1 Å². The van der Waals surface area contributed by atoms with E-state index >= 15 is 0 Å². The highest BCUT2D eigenvalue weighted by atomic mass is 16.5. The van der Waals surface area contributed by atoms with E-state index in [1.807, 2.05) is 30.5 Å². The summed E-state index contributed by atoms with van der Waals surface area (Å²) >= 11 is 0. The summed E-state index contributed by atoms with van der Waals surface area (Å²) in [5.41, 5.74) is 19.6. The molecular formula is C72H48N4O. The number of imidazole rings is 1. The van der Waals surface area contributed by atoms with Crippen LogP contribution in [0.4, 0.5) is 0 Å². The number of nitrogens with zero attached hydrogens (tertiary/aromatic N) is 4. The third-order valence-corrected chi connectivity index (χ3v) is 14.6. The van der Waals surface area contributed by atoms with Crippen LogP contribution in [0.2, 0.25) is 0 Å². The fraction of sp³-hybridized carbons (Fsp3) is 0. The van der Waals surface area contributed by atoms with Gasteiger partial charge in [-0.2, -0.15) is 0 Å². The molecule has 0 amide bonds. The highest BCUT2D eigenvalue weighted by Crippen LogP contribution is 2.42. The van der Waals surface area contributed by atoms with Crippen LogP contribution in [-0.4, -0.2) is 14.1 Å². The lowest BCUT2D eigenvalue weighted by atomic mass is 9.89. The minimum Gasteiger partial charge on any atom is -0.458 e. The van der Waals surface area contributed by atoms with Gasteiger partial charge in [-0.1, -0.05) is 194 Å². The average molecular weight is 985 g/mol. The zero-order chi connectivity index (χ0) is 51.1. The lowest BCUT2D eigenvalue weighted by Gasteiger charge is -2.20. The van der Waals surface area contributed by atoms with E-state index in [-0.39, 0.29) is 0 Å². The lowest BCUT2D eigenvalue weighted by molar-refractivity contribution is -0.571. The van der Waals surface area contributed by atoms with Crippen molar-refractivity contribution < 1.29 is 9.30 Å². The molecule has 0 unspecified atom stereocenters. The van der Waals surface area contributed by atoms with E-state index in [0.29, 0.717) is 5.75 Å². The van der Waals surface area contributed by atoms with E-state index in [1.165, 1.54) is 0 Å². The summed E-state index contributed by atoms with van der Waals surface area (Å²) in [5.74, 6) is 2.29. The first-order chi connectivity index (χ1) is 38.2. The molecule has 0 radical (unpaired) electrons. The Kier molecular flexibility index (Phi) is 11.5. The smallest absolute Gasteiger partial charge is 0.269 e. The largest absolute Gasteiger partial charge is 0.458 e. The maximum atomic E-state index is 6.82. The quantitative estimate of drug-likeness (QED) is 0.0956. The minimum atomic E-state index is 0.707. The Morgan fingerprint density at radius 2 is 0.818 bits per heavy atom. The molecule has 14 rings (SSSR count). The van der Waals surface area contributed by atoms with Crippen LogP contribution >= 0.6 is 0 Å². The molecule has 0 bridgehead atoms. The Balaban J connectivity index is 0.965. The van der Waals surface area contributed by atoms with Gasteiger partial charge in [0, 0.05) is 23.0 Å². The number of aromatic nitrogens is 4. The van der Waals surface area contributed by atoms with Gasteiger partial charge in [-0.15, -0.1) is 0 Å². The van der Waals surface area contributed by atoms with E-state index in [1.54, 1.807) is 0 Å². The van der Waals surface area contributed by atoms with Gasteiger partial charge >= 0.3 is 0 Å². The van der Waals surface area contributed by atoms with E-state index in [0.717, 1.165) is 123 Å². The predicted molar refractivity (Wildman–Crippen MR) is 315 cm³/mol. The van der Waals surface area contributed by atoms with Crippen LogP contribution in [0, 0.1) is 6.33 Å². The molecule has 0 fully saturated rings. The fourth-order valence-electron chi connectivity index (χ4n) is 11.0. The summed E-state index contributed by atoms with van der Waals surface area (Å²) in [5, 5.41) is 2.30. The number of ether oxygens (including phenoxy) is 1. The summed E-state index contributed by atoms with van der Waals surface area (Å²) in [4.78, 5) is 4.75. The molecule has 0 aliphatic carbocycles. The number of fused-ring (bicyclic) bond motifs is 4. The Morgan fingerprint density at radius 3 is 1.39 bits per heavy atom. The van der Waals surface area contributed by atoms with Gasteiger partial charge in [0.2, 0.25) is 0 Å². The first-order valence-corrected chi connectivity index (χ1v) is 26.0. The third-order valence-electron chi connectivity index (χ3n) is 14.6. The lowest BCUT2D eigenvalue weighted by Crippen LogP contribution is -2.31. The molecular weight excluding hydrogens is 937 g/mol. The summed E-state index contributed by atoms with van der Waals surface area (Å²) in [6.07, 6.45) is 5.79. The van der Waals surface area contributed by atoms with Gasteiger partial charge in [0.15, 0.2) is 0 Å². The van der Waals surface area contributed by atoms with Crippen LogP contribution < -0.4 is 9.30 Å². The van der Waals surface area contributed by atoms with Crippen LogP contribution in [0.25, 0.3) is 117 Å². The van der Waals surface area contributed by atoms with E-state index in [2.05, 4.69) is 281 Å². The summed E-state index contributed by atoms with van der Waals surface area (Å²) in [6, 6.07) is 101. The van der Waals surface area contributed by atoms with Gasteiger partial charge < -0.3 is 4.74 Å². The number of benzene rings is 11. The second-order valence-corrected chi connectivity index (χ2v) is 19.3. The van der Waals surface area contributed by atoms with Gasteiger partial charge in [-0.25, -0.2) is 4.98 Å². The van der Waals surface area contributed by atoms with Crippen molar-refractivity contribution in [3.8, 4) is 95.5 Å². The van der Waals surface area contributed by atoms with Crippen molar-refractivity contribution in [1.29, 1.82) is 0 Å². The maximum Gasteiger partial charge on any atom is 0.269 e. The molecule has 0 aliphatic rings. The van der Waals surface area contributed by atoms with Crippen LogP contribution in [0.15, 0.2) is 291 Å². The molecule has 3 aromatic heterocycles. The molecule has 77 heavy (non-hydrogen) atoms. The normalized spacial score (nSPS) is 11.4. The Morgan fingerprint density at radius 1 is 0.338 bits per heavy atom. The first-order valence-electron chi connectivity index (χ1n) is 26.0. The van der Waals surface area contributed by atoms with Gasteiger partial charge in [-0.05, 0) is 152 Å². The number of hydrogen-bond acceptors (Lipinski definition) is 2. The van der Waals surface area contributed by atoms with Crippen molar-refractivity contribution in [3.63, 3.8) is 0 Å². The topological polar surface area (TPSA) is 35.9 Å². The Bertz CT molecular complexity index is 4190. The molecule has 11 aromatic carbocycles. The third kappa shape index (κ3) is 8.52. The average Bonchev–Trinajstić information content (AvgIpc) is 4.16.